The molecular formula is C22H28N2O2S. The number of thiophene rings is 1. The van der Waals surface area contributed by atoms with Crippen molar-refractivity contribution in [3.63, 3.8) is 0 Å². The predicted octanol–water partition coefficient (Wildman–Crippen LogP) is 3.32. The van der Waals surface area contributed by atoms with Gasteiger partial charge in [0.2, 0.25) is 5.91 Å². The molecule has 1 saturated carbocycles. The van der Waals surface area contributed by atoms with Crippen LogP contribution in [0.15, 0.2) is 17.5 Å². The Kier molecular flexibility index (Phi) is 5.83. The zero-order chi connectivity index (χ0) is 18.6. The molecule has 27 heavy (non-hydrogen) atoms. The molecule has 0 N–H and O–H groups in total. The summed E-state index contributed by atoms with van der Waals surface area (Å²) in [6.45, 7) is 2.42. The second-order valence-corrected chi connectivity index (χ2v) is 9.11. The molecule has 1 aliphatic carbocycles. The Morgan fingerprint density at radius 1 is 1.15 bits per heavy atom. The van der Waals surface area contributed by atoms with E-state index in [9.17, 15) is 9.59 Å². The molecule has 2 amide bonds. The number of likely N-dealkylation sites (tertiary alicyclic amines) is 2. The molecule has 0 radical (unpaired) electrons. The van der Waals surface area contributed by atoms with E-state index in [0.717, 1.165) is 58.2 Å². The lowest BCUT2D eigenvalue weighted by Crippen LogP contribution is -2.48. The van der Waals surface area contributed by atoms with Crippen LogP contribution in [0, 0.1) is 23.7 Å². The minimum Gasteiger partial charge on any atom is -0.339 e. The topological polar surface area (TPSA) is 40.6 Å². The molecule has 5 heteroatoms. The van der Waals surface area contributed by atoms with Crippen LogP contribution in [-0.2, 0) is 16.0 Å². The Bertz CT molecular complexity index is 729. The van der Waals surface area contributed by atoms with E-state index in [2.05, 4.69) is 28.2 Å². The quantitative estimate of drug-likeness (QED) is 0.747. The van der Waals surface area contributed by atoms with Gasteiger partial charge >= 0.3 is 0 Å². The average molecular weight is 385 g/mol. The second-order valence-electron chi connectivity index (χ2n) is 8.07. The van der Waals surface area contributed by atoms with Crippen LogP contribution < -0.4 is 0 Å². The van der Waals surface area contributed by atoms with Crippen molar-refractivity contribution in [2.45, 2.75) is 57.4 Å². The van der Waals surface area contributed by atoms with Crippen molar-refractivity contribution in [1.82, 2.24) is 9.80 Å². The van der Waals surface area contributed by atoms with Gasteiger partial charge in [0, 0.05) is 42.9 Å². The summed E-state index contributed by atoms with van der Waals surface area (Å²) < 4.78 is 0. The zero-order valence-electron chi connectivity index (χ0n) is 15.9. The summed E-state index contributed by atoms with van der Waals surface area (Å²) in [5.74, 6) is 7.05. The van der Waals surface area contributed by atoms with Crippen LogP contribution in [0.2, 0.25) is 0 Å². The number of hydrogen-bond donors (Lipinski definition) is 0. The summed E-state index contributed by atoms with van der Waals surface area (Å²) in [7, 11) is 0. The van der Waals surface area contributed by atoms with Crippen LogP contribution in [0.3, 0.4) is 0 Å². The lowest BCUT2D eigenvalue weighted by Gasteiger charge is -2.39. The molecule has 0 spiro atoms. The Morgan fingerprint density at radius 2 is 2.04 bits per heavy atom. The highest BCUT2D eigenvalue weighted by Gasteiger charge is 2.37. The monoisotopic (exact) mass is 384 g/mol. The van der Waals surface area contributed by atoms with E-state index in [1.807, 2.05) is 11.0 Å². The molecule has 4 rings (SSSR count). The molecule has 1 aromatic heterocycles. The van der Waals surface area contributed by atoms with E-state index in [-0.39, 0.29) is 11.8 Å². The Hall–Kier alpha value is -1.80. The molecule has 3 heterocycles. The van der Waals surface area contributed by atoms with Crippen molar-refractivity contribution in [1.29, 1.82) is 0 Å². The van der Waals surface area contributed by atoms with Gasteiger partial charge in [0.05, 0.1) is 0 Å². The van der Waals surface area contributed by atoms with Crippen molar-refractivity contribution in [2.24, 2.45) is 11.8 Å². The van der Waals surface area contributed by atoms with E-state index < -0.39 is 0 Å². The smallest absolute Gasteiger partial charge is 0.298 e. The van der Waals surface area contributed by atoms with E-state index >= 15 is 0 Å². The molecular weight excluding hydrogens is 356 g/mol. The molecule has 0 bridgehead atoms. The van der Waals surface area contributed by atoms with Crippen LogP contribution in [0.5, 0.6) is 0 Å². The van der Waals surface area contributed by atoms with Gasteiger partial charge in [0.25, 0.3) is 5.91 Å². The fraction of sp³-hybridized carbons (Fsp3) is 0.636. The number of rotatable bonds is 4. The van der Waals surface area contributed by atoms with Crippen molar-refractivity contribution >= 4 is 23.2 Å². The highest BCUT2D eigenvalue weighted by molar-refractivity contribution is 7.09. The first-order chi connectivity index (χ1) is 13.2. The van der Waals surface area contributed by atoms with Gasteiger partial charge in [-0.2, -0.15) is 0 Å². The van der Waals surface area contributed by atoms with Crippen molar-refractivity contribution in [3.8, 4) is 11.8 Å². The fourth-order valence-electron chi connectivity index (χ4n) is 4.34. The third kappa shape index (κ3) is 4.73. The van der Waals surface area contributed by atoms with Crippen LogP contribution in [-0.4, -0.2) is 47.3 Å². The molecule has 0 aromatic carbocycles. The Labute approximate surface area is 165 Å². The maximum absolute atomic E-state index is 12.9. The first-order valence-electron chi connectivity index (χ1n) is 10.3. The molecule has 2 saturated heterocycles. The maximum Gasteiger partial charge on any atom is 0.298 e. The first-order valence-corrected chi connectivity index (χ1v) is 11.2. The van der Waals surface area contributed by atoms with Gasteiger partial charge in [-0.1, -0.05) is 12.0 Å². The number of carbonyl (C=O) groups excluding carboxylic acids is 2. The van der Waals surface area contributed by atoms with Crippen LogP contribution >= 0.6 is 11.3 Å². The summed E-state index contributed by atoms with van der Waals surface area (Å²) in [6, 6.07) is 4.45. The fourth-order valence-corrected chi connectivity index (χ4v) is 5.05. The van der Waals surface area contributed by atoms with E-state index in [4.69, 9.17) is 0 Å². The lowest BCUT2D eigenvalue weighted by molar-refractivity contribution is -0.136. The number of carbonyl (C=O) groups is 2. The summed E-state index contributed by atoms with van der Waals surface area (Å²) in [5.41, 5.74) is 0. The third-order valence-corrected chi connectivity index (χ3v) is 6.99. The largest absolute Gasteiger partial charge is 0.339 e. The van der Waals surface area contributed by atoms with Gasteiger partial charge in [-0.05, 0) is 68.2 Å². The summed E-state index contributed by atoms with van der Waals surface area (Å²) >= 11 is 1.72. The minimum absolute atomic E-state index is 0.0178. The summed E-state index contributed by atoms with van der Waals surface area (Å²) in [6.07, 6.45) is 8.09. The van der Waals surface area contributed by atoms with Crippen LogP contribution in [0.4, 0.5) is 0 Å². The average Bonchev–Trinajstić information content (AvgIpc) is 3.17. The van der Waals surface area contributed by atoms with Gasteiger partial charge < -0.3 is 9.80 Å². The Morgan fingerprint density at radius 3 is 2.81 bits per heavy atom. The van der Waals surface area contributed by atoms with E-state index in [0.29, 0.717) is 24.3 Å². The molecule has 2 unspecified atom stereocenters. The molecule has 2 atom stereocenters. The van der Waals surface area contributed by atoms with Gasteiger partial charge in [-0.25, -0.2) is 0 Å². The number of piperidine rings is 1. The van der Waals surface area contributed by atoms with E-state index in [1.54, 1.807) is 11.3 Å². The highest BCUT2D eigenvalue weighted by atomic mass is 32.1. The molecule has 144 valence electrons. The van der Waals surface area contributed by atoms with Crippen molar-refractivity contribution in [2.75, 3.05) is 19.6 Å². The summed E-state index contributed by atoms with van der Waals surface area (Å²) in [5, 5.41) is 2.07. The minimum atomic E-state index is -0.0178. The van der Waals surface area contributed by atoms with Crippen LogP contribution in [0.1, 0.15) is 49.8 Å². The van der Waals surface area contributed by atoms with Gasteiger partial charge in [-0.3, -0.25) is 9.59 Å². The SMILES string of the molecule is O=C(C#CC1CC1)N1CCC(C2CCCCN2C(=O)CCc2cccs2)C1. The number of hydrogen-bond acceptors (Lipinski definition) is 3. The highest BCUT2D eigenvalue weighted by Crippen LogP contribution is 2.31. The number of nitrogens with zero attached hydrogens (tertiary/aromatic N) is 2. The van der Waals surface area contributed by atoms with Gasteiger partial charge in [0.1, 0.15) is 0 Å². The molecule has 3 fully saturated rings. The maximum atomic E-state index is 12.9. The molecule has 2 aliphatic heterocycles. The first kappa shape index (κ1) is 18.6. The van der Waals surface area contributed by atoms with Gasteiger partial charge in [0.15, 0.2) is 0 Å². The third-order valence-electron chi connectivity index (χ3n) is 6.05. The molecule has 4 nitrogen and oxygen atoms in total. The van der Waals surface area contributed by atoms with E-state index in [1.165, 1.54) is 11.3 Å². The zero-order valence-corrected chi connectivity index (χ0v) is 16.7. The lowest BCUT2D eigenvalue weighted by atomic mass is 9.89. The van der Waals surface area contributed by atoms with Crippen molar-refractivity contribution in [3.05, 3.63) is 22.4 Å². The summed E-state index contributed by atoms with van der Waals surface area (Å²) in [4.78, 5) is 30.5. The van der Waals surface area contributed by atoms with Crippen LogP contribution in [0.25, 0.3) is 0 Å². The van der Waals surface area contributed by atoms with Gasteiger partial charge in [-0.15, -0.1) is 11.3 Å². The normalized spacial score (nSPS) is 25.2. The molecule has 3 aliphatic rings. The molecule has 1 aromatic rings. The second kappa shape index (κ2) is 8.48. The number of amides is 2. The standard InChI is InChI=1S/C22H28N2O2S/c25-21(10-8-17-6-7-17)23-14-12-18(16-23)20-5-1-2-13-24(20)22(26)11-9-19-4-3-15-27-19/h3-4,15,17-18,20H,1-2,5-7,9,11-14,16H2. The van der Waals surface area contributed by atoms with Crippen molar-refractivity contribution < 1.29 is 9.59 Å². The predicted molar refractivity (Wildman–Crippen MR) is 107 cm³/mol. The number of aryl methyl sites for hydroxylation is 1. The Balaban J connectivity index is 1.33.